The molecule has 2 aliphatic rings. The number of halogens is 3. The average Bonchev–Trinajstić information content (AvgIpc) is 2.61. The third-order valence-electron chi connectivity index (χ3n) is 6.14. The van der Waals surface area contributed by atoms with Crippen LogP contribution in [0.3, 0.4) is 0 Å². The van der Waals surface area contributed by atoms with Crippen LogP contribution in [-0.2, 0) is 11.2 Å². The number of carbonyl (C=O) groups excluding carboxylic acids is 1. The Balaban J connectivity index is 1.39. The first-order valence-electron chi connectivity index (χ1n) is 9.75. The van der Waals surface area contributed by atoms with Crippen molar-refractivity contribution in [1.29, 1.82) is 0 Å². The monoisotopic (exact) mass is 368 g/mol. The van der Waals surface area contributed by atoms with Gasteiger partial charge in [0.2, 0.25) is 0 Å². The average molecular weight is 368 g/mol. The number of hydrogen-bond donors (Lipinski definition) is 0. The summed E-state index contributed by atoms with van der Waals surface area (Å²) in [6.45, 7) is 0. The second kappa shape index (κ2) is 8.45. The van der Waals surface area contributed by atoms with E-state index in [1.165, 1.54) is 37.8 Å². The zero-order valence-corrected chi connectivity index (χ0v) is 15.1. The van der Waals surface area contributed by atoms with Gasteiger partial charge in [0.25, 0.3) is 0 Å². The fourth-order valence-electron chi connectivity index (χ4n) is 4.61. The van der Waals surface area contributed by atoms with Crippen LogP contribution < -0.4 is 4.74 Å². The molecule has 0 atom stereocenters. The van der Waals surface area contributed by atoms with Crippen molar-refractivity contribution >= 4 is 5.78 Å². The third-order valence-corrected chi connectivity index (χ3v) is 6.14. The number of carbonyl (C=O) groups is 1. The minimum Gasteiger partial charge on any atom is -0.406 e. The van der Waals surface area contributed by atoms with Gasteiger partial charge in [-0.25, -0.2) is 0 Å². The number of Topliss-reactive ketones (excluding diaryl/α,β-unsaturated/α-hetero) is 1. The maximum atomic E-state index is 12.2. The Bertz CT molecular complexity index is 576. The summed E-state index contributed by atoms with van der Waals surface area (Å²) < 4.78 is 40.4. The van der Waals surface area contributed by atoms with Gasteiger partial charge in [-0.15, -0.1) is 13.2 Å². The standard InChI is InChI=1S/C21H27F3O2/c22-21(23,24)26-20-13-5-16(6-14-20)2-1-15-3-7-17(8-4-15)18-9-11-19(25)12-10-18/h5-6,13-15,17-18H,1-4,7-12H2. The highest BCUT2D eigenvalue weighted by atomic mass is 19.4. The Kier molecular flexibility index (Phi) is 6.25. The summed E-state index contributed by atoms with van der Waals surface area (Å²) >= 11 is 0. The molecule has 1 aromatic rings. The van der Waals surface area contributed by atoms with E-state index in [0.29, 0.717) is 11.7 Å². The number of aryl methyl sites for hydroxylation is 1. The third kappa shape index (κ3) is 5.75. The zero-order chi connectivity index (χ0) is 18.6. The molecule has 0 aliphatic heterocycles. The Morgan fingerprint density at radius 3 is 2.04 bits per heavy atom. The zero-order valence-electron chi connectivity index (χ0n) is 15.1. The summed E-state index contributed by atoms with van der Waals surface area (Å²) in [5.41, 5.74) is 1.06. The molecule has 0 radical (unpaired) electrons. The highest BCUT2D eigenvalue weighted by Crippen LogP contribution is 2.40. The SMILES string of the molecule is O=C1CCC(C2CCC(CCc3ccc(OC(F)(F)F)cc3)CC2)CC1. The van der Waals surface area contributed by atoms with Gasteiger partial charge in [0, 0.05) is 12.8 Å². The van der Waals surface area contributed by atoms with Crippen LogP contribution in [-0.4, -0.2) is 12.1 Å². The van der Waals surface area contributed by atoms with E-state index in [1.807, 2.05) is 0 Å². The van der Waals surface area contributed by atoms with Crippen molar-refractivity contribution in [3.63, 3.8) is 0 Å². The summed E-state index contributed by atoms with van der Waals surface area (Å²) in [6.07, 6.45) is 6.09. The van der Waals surface area contributed by atoms with E-state index >= 15 is 0 Å². The number of ether oxygens (including phenoxy) is 1. The van der Waals surface area contributed by atoms with Crippen molar-refractivity contribution in [2.24, 2.45) is 17.8 Å². The quantitative estimate of drug-likeness (QED) is 0.629. The van der Waals surface area contributed by atoms with Crippen LogP contribution in [0.5, 0.6) is 5.75 Å². The van der Waals surface area contributed by atoms with Crippen molar-refractivity contribution in [2.75, 3.05) is 0 Å². The molecule has 26 heavy (non-hydrogen) atoms. The Labute approximate surface area is 153 Å². The van der Waals surface area contributed by atoms with Crippen LogP contribution in [0.2, 0.25) is 0 Å². The summed E-state index contributed by atoms with van der Waals surface area (Å²) in [4.78, 5) is 11.4. The summed E-state index contributed by atoms with van der Waals surface area (Å²) in [6, 6.07) is 6.24. The lowest BCUT2D eigenvalue weighted by Crippen LogP contribution is -2.26. The summed E-state index contributed by atoms with van der Waals surface area (Å²) in [5.74, 6) is 2.52. The topological polar surface area (TPSA) is 26.3 Å². The van der Waals surface area contributed by atoms with Gasteiger partial charge in [-0.1, -0.05) is 25.0 Å². The smallest absolute Gasteiger partial charge is 0.406 e. The molecule has 0 heterocycles. The largest absolute Gasteiger partial charge is 0.573 e. The van der Waals surface area contributed by atoms with E-state index in [0.717, 1.165) is 55.9 Å². The van der Waals surface area contributed by atoms with E-state index in [9.17, 15) is 18.0 Å². The van der Waals surface area contributed by atoms with Crippen molar-refractivity contribution in [2.45, 2.75) is 70.6 Å². The molecule has 2 aliphatic carbocycles. The van der Waals surface area contributed by atoms with Crippen molar-refractivity contribution in [1.82, 2.24) is 0 Å². The van der Waals surface area contributed by atoms with Crippen LogP contribution in [0.15, 0.2) is 24.3 Å². The van der Waals surface area contributed by atoms with E-state index in [4.69, 9.17) is 0 Å². The van der Waals surface area contributed by atoms with E-state index in [2.05, 4.69) is 4.74 Å². The minimum absolute atomic E-state index is 0.160. The lowest BCUT2D eigenvalue weighted by Gasteiger charge is -2.35. The molecule has 2 nitrogen and oxygen atoms in total. The molecule has 0 aromatic heterocycles. The molecule has 2 fully saturated rings. The fourth-order valence-corrected chi connectivity index (χ4v) is 4.61. The number of hydrogen-bond acceptors (Lipinski definition) is 2. The predicted molar refractivity (Wildman–Crippen MR) is 93.9 cm³/mol. The van der Waals surface area contributed by atoms with Crippen LogP contribution in [0.25, 0.3) is 0 Å². The van der Waals surface area contributed by atoms with E-state index in [1.54, 1.807) is 12.1 Å². The molecule has 0 N–H and O–H groups in total. The molecule has 0 bridgehead atoms. The minimum atomic E-state index is -4.63. The van der Waals surface area contributed by atoms with Crippen LogP contribution in [0, 0.1) is 17.8 Å². The number of ketones is 1. The Morgan fingerprint density at radius 2 is 1.46 bits per heavy atom. The molecule has 0 unspecified atom stereocenters. The molecular formula is C21H27F3O2. The van der Waals surface area contributed by atoms with Gasteiger partial charge in [0.05, 0.1) is 0 Å². The molecule has 2 saturated carbocycles. The molecule has 0 spiro atoms. The fraction of sp³-hybridized carbons (Fsp3) is 0.667. The molecular weight excluding hydrogens is 341 g/mol. The highest BCUT2D eigenvalue weighted by molar-refractivity contribution is 5.79. The number of benzene rings is 1. The normalized spacial score (nSPS) is 25.3. The van der Waals surface area contributed by atoms with Crippen molar-refractivity contribution in [3.8, 4) is 5.75 Å². The lowest BCUT2D eigenvalue weighted by atomic mass is 9.70. The first kappa shape index (κ1) is 19.2. The second-order valence-electron chi connectivity index (χ2n) is 7.89. The summed E-state index contributed by atoms with van der Waals surface area (Å²) in [7, 11) is 0. The second-order valence-corrected chi connectivity index (χ2v) is 7.89. The Morgan fingerprint density at radius 1 is 0.885 bits per heavy atom. The molecule has 0 amide bonds. The molecule has 144 valence electrons. The van der Waals surface area contributed by atoms with Gasteiger partial charge in [-0.05, 0) is 74.0 Å². The van der Waals surface area contributed by atoms with Gasteiger partial charge in [0.1, 0.15) is 11.5 Å². The number of rotatable bonds is 5. The maximum Gasteiger partial charge on any atom is 0.573 e. The predicted octanol–water partition coefficient (Wildman–Crippen LogP) is 6.08. The molecule has 0 saturated heterocycles. The first-order chi connectivity index (χ1) is 12.4. The van der Waals surface area contributed by atoms with E-state index < -0.39 is 6.36 Å². The number of alkyl halides is 3. The van der Waals surface area contributed by atoms with Crippen LogP contribution in [0.4, 0.5) is 13.2 Å². The highest BCUT2D eigenvalue weighted by Gasteiger charge is 2.31. The van der Waals surface area contributed by atoms with Crippen LogP contribution >= 0.6 is 0 Å². The Hall–Kier alpha value is -1.52. The van der Waals surface area contributed by atoms with Crippen LogP contribution in [0.1, 0.15) is 63.4 Å². The lowest BCUT2D eigenvalue weighted by molar-refractivity contribution is -0.274. The van der Waals surface area contributed by atoms with Crippen molar-refractivity contribution in [3.05, 3.63) is 29.8 Å². The summed E-state index contributed by atoms with van der Waals surface area (Å²) in [5, 5.41) is 0. The maximum absolute atomic E-state index is 12.2. The molecule has 1 aromatic carbocycles. The van der Waals surface area contributed by atoms with Gasteiger partial charge in [0.15, 0.2) is 0 Å². The van der Waals surface area contributed by atoms with Gasteiger partial charge in [-0.3, -0.25) is 4.79 Å². The molecule has 3 rings (SSSR count). The van der Waals surface area contributed by atoms with E-state index in [-0.39, 0.29) is 5.75 Å². The van der Waals surface area contributed by atoms with Gasteiger partial charge in [-0.2, -0.15) is 0 Å². The van der Waals surface area contributed by atoms with Gasteiger partial charge >= 0.3 is 6.36 Å². The van der Waals surface area contributed by atoms with Gasteiger partial charge < -0.3 is 4.74 Å². The van der Waals surface area contributed by atoms with Crippen molar-refractivity contribution < 1.29 is 22.7 Å². The first-order valence-corrected chi connectivity index (χ1v) is 9.75. The molecule has 5 heteroatoms.